The molecule has 0 spiro atoms. The van der Waals surface area contributed by atoms with E-state index in [4.69, 9.17) is 15.2 Å². The number of aryl methyl sites for hydroxylation is 1. The molecule has 6 rings (SSSR count). The first-order chi connectivity index (χ1) is 28.3. The fraction of sp³-hybridized carbons (Fsp3) is 0.395. The van der Waals surface area contributed by atoms with Crippen molar-refractivity contribution < 1.29 is 37.4 Å². The average Bonchev–Trinajstić information content (AvgIpc) is 3.20. The normalized spacial score (nSPS) is 17.1. The van der Waals surface area contributed by atoms with Gasteiger partial charge >= 0.3 is 12.1 Å². The number of pyridine rings is 2. The second-order valence-corrected chi connectivity index (χ2v) is 14.9. The Balaban J connectivity index is 1.29. The molecule has 6 amide bonds. The molecule has 0 radical (unpaired) electrons. The van der Waals surface area contributed by atoms with Gasteiger partial charge in [0, 0.05) is 57.5 Å². The van der Waals surface area contributed by atoms with Crippen LogP contribution in [0.25, 0.3) is 0 Å². The Hall–Kier alpha value is -6.32. The molecule has 59 heavy (non-hydrogen) atoms. The first-order valence-corrected chi connectivity index (χ1v) is 19.7. The number of ether oxygens (including phenoxy) is 2. The van der Waals surface area contributed by atoms with E-state index >= 15 is 4.39 Å². The van der Waals surface area contributed by atoms with Gasteiger partial charge in [0.25, 0.3) is 0 Å². The number of rotatable bonds is 13. The van der Waals surface area contributed by atoms with Crippen LogP contribution in [0, 0.1) is 18.6 Å². The number of likely N-dealkylation sites (tertiary alicyclic amines) is 2. The SMILES string of the molecule is CC(=O)N1CCCC(Oc2cc(F)cc(CCNC(=O)N(c3cccnc3)C(CN(C(N)=O)c3ccc(C)nc3)c3cc(F)cc(OC4CCCN(C(C)=O)C4)c3)c2)C1. The van der Waals surface area contributed by atoms with Crippen molar-refractivity contribution in [3.05, 3.63) is 108 Å². The number of urea groups is 2. The summed E-state index contributed by atoms with van der Waals surface area (Å²) in [7, 11) is 0. The number of aromatic nitrogens is 2. The molecular weight excluding hydrogens is 763 g/mol. The number of benzene rings is 2. The summed E-state index contributed by atoms with van der Waals surface area (Å²) < 4.78 is 42.9. The zero-order valence-corrected chi connectivity index (χ0v) is 33.5. The molecule has 3 unspecified atom stereocenters. The van der Waals surface area contributed by atoms with E-state index in [2.05, 4.69) is 15.3 Å². The van der Waals surface area contributed by atoms with Crippen molar-refractivity contribution in [2.24, 2.45) is 5.73 Å². The van der Waals surface area contributed by atoms with Crippen LogP contribution in [0.15, 0.2) is 79.3 Å². The van der Waals surface area contributed by atoms with Crippen molar-refractivity contribution in [2.75, 3.05) is 49.1 Å². The maximum atomic E-state index is 15.7. The van der Waals surface area contributed by atoms with Crippen molar-refractivity contribution in [3.63, 3.8) is 0 Å². The number of nitrogens with two attached hydrogens (primary N) is 1. The highest BCUT2D eigenvalue weighted by molar-refractivity contribution is 5.94. The molecule has 312 valence electrons. The predicted octanol–water partition coefficient (Wildman–Crippen LogP) is 5.93. The standard InChI is InChI=1S/C43H50F2N8O6/c1-28-10-11-35(24-49-28)52(42(46)56)27-41(32-19-34(45)22-40(20-32)59-38-9-6-16-51(26-38)30(3)55)53(36-7-4-13-47-23-36)43(57)48-14-12-31-17-33(44)21-39(18-31)58-37-8-5-15-50(25-37)29(2)54/h4,7,10-11,13,17-24,37-38,41H,5-6,8-9,12,14-16,25-27H2,1-3H3,(H2,46,56)(H,48,57). The molecule has 3 atom stereocenters. The van der Waals surface area contributed by atoms with Crippen LogP contribution in [0.1, 0.15) is 62.4 Å². The van der Waals surface area contributed by atoms with E-state index < -0.39 is 35.8 Å². The van der Waals surface area contributed by atoms with Gasteiger partial charge in [-0.1, -0.05) is 0 Å². The van der Waals surface area contributed by atoms with Gasteiger partial charge in [0.2, 0.25) is 11.8 Å². The van der Waals surface area contributed by atoms with Crippen molar-refractivity contribution in [2.45, 2.75) is 71.1 Å². The van der Waals surface area contributed by atoms with E-state index in [9.17, 15) is 23.6 Å². The molecule has 2 aliphatic heterocycles. The summed E-state index contributed by atoms with van der Waals surface area (Å²) in [6.07, 6.45) is 6.90. The van der Waals surface area contributed by atoms with Gasteiger partial charge < -0.3 is 30.3 Å². The van der Waals surface area contributed by atoms with Crippen LogP contribution in [-0.2, 0) is 16.0 Å². The molecule has 2 saturated heterocycles. The number of amides is 6. The Morgan fingerprint density at radius 3 is 2.08 bits per heavy atom. The van der Waals surface area contributed by atoms with E-state index in [1.807, 2.05) is 0 Å². The third-order valence-corrected chi connectivity index (χ3v) is 10.4. The molecule has 0 aliphatic carbocycles. The molecule has 0 saturated carbocycles. The number of anilines is 2. The first-order valence-electron chi connectivity index (χ1n) is 19.7. The lowest BCUT2D eigenvalue weighted by Crippen LogP contribution is -2.49. The number of hydrogen-bond donors (Lipinski definition) is 2. The Labute approximate surface area is 342 Å². The Morgan fingerprint density at radius 2 is 1.51 bits per heavy atom. The molecule has 14 nitrogen and oxygen atoms in total. The lowest BCUT2D eigenvalue weighted by Gasteiger charge is -2.36. The van der Waals surface area contributed by atoms with E-state index in [-0.39, 0.29) is 48.7 Å². The number of carbonyl (C=O) groups excluding carboxylic acids is 4. The smallest absolute Gasteiger partial charge is 0.322 e. The van der Waals surface area contributed by atoms with E-state index in [1.165, 1.54) is 60.3 Å². The van der Waals surface area contributed by atoms with Crippen LogP contribution in [0.2, 0.25) is 0 Å². The highest BCUT2D eigenvalue weighted by atomic mass is 19.1. The lowest BCUT2D eigenvalue weighted by molar-refractivity contribution is -0.132. The number of hydrogen-bond acceptors (Lipinski definition) is 8. The van der Waals surface area contributed by atoms with E-state index in [0.717, 1.165) is 12.8 Å². The summed E-state index contributed by atoms with van der Waals surface area (Å²) in [5.41, 5.74) is 8.18. The van der Waals surface area contributed by atoms with Crippen molar-refractivity contribution >= 4 is 35.3 Å². The number of carbonyl (C=O) groups is 4. The quantitative estimate of drug-likeness (QED) is 0.168. The van der Waals surface area contributed by atoms with Gasteiger partial charge in [-0.3, -0.25) is 29.4 Å². The number of halogens is 2. The largest absolute Gasteiger partial charge is 0.488 e. The van der Waals surface area contributed by atoms with Gasteiger partial charge in [0.15, 0.2) is 0 Å². The zero-order valence-electron chi connectivity index (χ0n) is 33.5. The molecule has 4 aromatic rings. The van der Waals surface area contributed by atoms with Crippen molar-refractivity contribution in [1.29, 1.82) is 0 Å². The highest BCUT2D eigenvalue weighted by Crippen LogP contribution is 2.33. The number of nitrogens with one attached hydrogen (secondary N) is 1. The summed E-state index contributed by atoms with van der Waals surface area (Å²) >= 11 is 0. The van der Waals surface area contributed by atoms with Crippen molar-refractivity contribution in [1.82, 2.24) is 25.1 Å². The van der Waals surface area contributed by atoms with Crippen LogP contribution in [0.3, 0.4) is 0 Å². The van der Waals surface area contributed by atoms with Crippen LogP contribution < -0.4 is 30.3 Å². The maximum Gasteiger partial charge on any atom is 0.322 e. The zero-order chi connectivity index (χ0) is 42.1. The molecule has 2 aromatic carbocycles. The topological polar surface area (TPSA) is 164 Å². The summed E-state index contributed by atoms with van der Waals surface area (Å²) in [6.45, 7) is 6.62. The maximum absolute atomic E-state index is 15.7. The third kappa shape index (κ3) is 11.4. The van der Waals surface area contributed by atoms with Gasteiger partial charge in [-0.15, -0.1) is 0 Å². The van der Waals surface area contributed by atoms with Crippen LogP contribution in [0.5, 0.6) is 11.5 Å². The summed E-state index contributed by atoms with van der Waals surface area (Å²) in [6, 6.07) is 12.6. The molecule has 16 heteroatoms. The van der Waals surface area contributed by atoms with Gasteiger partial charge in [-0.2, -0.15) is 0 Å². The Bertz CT molecular complexity index is 2110. The van der Waals surface area contributed by atoms with Crippen LogP contribution >= 0.6 is 0 Å². The van der Waals surface area contributed by atoms with Crippen LogP contribution in [-0.4, -0.2) is 95.1 Å². The monoisotopic (exact) mass is 812 g/mol. The minimum absolute atomic E-state index is 0.0427. The Morgan fingerprint density at radius 1 is 0.864 bits per heavy atom. The molecular formula is C43H50F2N8O6. The molecule has 0 bridgehead atoms. The van der Waals surface area contributed by atoms with Gasteiger partial charge in [-0.25, -0.2) is 18.4 Å². The lowest BCUT2D eigenvalue weighted by atomic mass is 10.0. The molecule has 2 aliphatic rings. The summed E-state index contributed by atoms with van der Waals surface area (Å²) in [4.78, 5) is 66.3. The Kier molecular flexibility index (Phi) is 13.9. The summed E-state index contributed by atoms with van der Waals surface area (Å²) in [5.74, 6) is -0.783. The van der Waals surface area contributed by atoms with Gasteiger partial charge in [0.1, 0.15) is 35.3 Å². The molecule has 3 N–H and O–H groups in total. The summed E-state index contributed by atoms with van der Waals surface area (Å²) in [5, 5.41) is 2.92. The minimum atomic E-state index is -1.08. The van der Waals surface area contributed by atoms with Gasteiger partial charge in [0.05, 0.1) is 49.4 Å². The second-order valence-electron chi connectivity index (χ2n) is 14.9. The minimum Gasteiger partial charge on any atom is -0.488 e. The van der Waals surface area contributed by atoms with E-state index in [1.54, 1.807) is 59.3 Å². The predicted molar refractivity (Wildman–Crippen MR) is 217 cm³/mol. The second kappa shape index (κ2) is 19.4. The fourth-order valence-corrected chi connectivity index (χ4v) is 7.49. The number of piperidine rings is 2. The van der Waals surface area contributed by atoms with Crippen LogP contribution in [0.4, 0.5) is 29.7 Å². The molecule has 2 fully saturated rings. The highest BCUT2D eigenvalue weighted by Gasteiger charge is 2.32. The molecule has 2 aromatic heterocycles. The van der Waals surface area contributed by atoms with E-state index in [0.29, 0.717) is 67.4 Å². The number of nitrogens with zero attached hydrogens (tertiary/aromatic N) is 6. The fourth-order valence-electron chi connectivity index (χ4n) is 7.49. The van der Waals surface area contributed by atoms with Gasteiger partial charge in [-0.05, 0) is 98.7 Å². The number of primary amides is 1. The average molecular weight is 813 g/mol. The third-order valence-electron chi connectivity index (χ3n) is 10.4. The first kappa shape index (κ1) is 42.3. The van der Waals surface area contributed by atoms with Crippen molar-refractivity contribution in [3.8, 4) is 11.5 Å². The molecule has 4 heterocycles.